The van der Waals surface area contributed by atoms with Crippen molar-refractivity contribution in [2.45, 2.75) is 13.3 Å². The molecular weight excluding hydrogens is 308 g/mol. The van der Waals surface area contributed by atoms with Gasteiger partial charge in [-0.2, -0.15) is 0 Å². The third-order valence-electron chi connectivity index (χ3n) is 4.74. The zero-order valence-corrected chi connectivity index (χ0v) is 14.9. The van der Waals surface area contributed by atoms with Gasteiger partial charge in [0.25, 0.3) is 0 Å². The van der Waals surface area contributed by atoms with Crippen LogP contribution >= 0.6 is 0 Å². The normalized spacial score (nSPS) is 15.6. The van der Waals surface area contributed by atoms with Gasteiger partial charge >= 0.3 is 0 Å². The highest BCUT2D eigenvalue weighted by atomic mass is 16.2. The van der Waals surface area contributed by atoms with Gasteiger partial charge < -0.3 is 4.90 Å². The Labute approximate surface area is 150 Å². The van der Waals surface area contributed by atoms with Crippen molar-refractivity contribution in [2.75, 3.05) is 32.7 Å². The number of rotatable bonds is 5. The third kappa shape index (κ3) is 5.30. The summed E-state index contributed by atoms with van der Waals surface area (Å²) in [7, 11) is 0. The van der Waals surface area contributed by atoms with Crippen LogP contribution in [-0.4, -0.2) is 48.4 Å². The fourth-order valence-corrected chi connectivity index (χ4v) is 3.07. The maximum atomic E-state index is 12.3. The summed E-state index contributed by atoms with van der Waals surface area (Å²) in [5, 5.41) is 0. The van der Waals surface area contributed by atoms with Crippen LogP contribution in [0.1, 0.15) is 16.7 Å². The monoisotopic (exact) mass is 334 g/mol. The number of hydrogen-bond donors (Lipinski definition) is 0. The minimum absolute atomic E-state index is 0.113. The van der Waals surface area contributed by atoms with Crippen LogP contribution in [0.3, 0.4) is 0 Å². The number of benzene rings is 2. The Bertz CT molecular complexity index is 699. The Morgan fingerprint density at radius 2 is 1.64 bits per heavy atom. The van der Waals surface area contributed by atoms with Crippen LogP contribution in [-0.2, 0) is 11.2 Å². The van der Waals surface area contributed by atoms with Gasteiger partial charge in [-0.05, 0) is 30.5 Å². The molecule has 0 saturated carbocycles. The van der Waals surface area contributed by atoms with E-state index in [0.29, 0.717) is 0 Å². The molecule has 1 aliphatic rings. The van der Waals surface area contributed by atoms with Gasteiger partial charge in [-0.25, -0.2) is 0 Å². The van der Waals surface area contributed by atoms with Crippen molar-refractivity contribution in [2.24, 2.45) is 0 Å². The lowest BCUT2D eigenvalue weighted by molar-refractivity contribution is -0.127. The average Bonchev–Trinajstić information content (AvgIpc) is 2.67. The molecule has 1 aliphatic heterocycles. The van der Waals surface area contributed by atoms with Gasteiger partial charge in [0, 0.05) is 38.8 Å². The predicted molar refractivity (Wildman–Crippen MR) is 103 cm³/mol. The zero-order chi connectivity index (χ0) is 17.5. The standard InChI is InChI=1S/C22H26N2O/c1-19-7-9-21(10-8-19)13-14-23-15-17-24(18-16-23)22(25)12-11-20-5-3-2-4-6-20/h2-12H,13-18H2,1H3/b12-11+. The molecule has 0 radical (unpaired) electrons. The Kier molecular flexibility index (Phi) is 6.02. The second-order valence-electron chi connectivity index (χ2n) is 6.65. The van der Waals surface area contributed by atoms with E-state index < -0.39 is 0 Å². The highest BCUT2D eigenvalue weighted by Gasteiger charge is 2.19. The van der Waals surface area contributed by atoms with Crippen LogP contribution in [0, 0.1) is 6.92 Å². The molecule has 1 amide bonds. The lowest BCUT2D eigenvalue weighted by atomic mass is 10.1. The van der Waals surface area contributed by atoms with Gasteiger partial charge in [0.05, 0.1) is 0 Å². The lowest BCUT2D eigenvalue weighted by Gasteiger charge is -2.34. The Morgan fingerprint density at radius 1 is 0.960 bits per heavy atom. The molecule has 1 fully saturated rings. The smallest absolute Gasteiger partial charge is 0.246 e. The average molecular weight is 334 g/mol. The summed E-state index contributed by atoms with van der Waals surface area (Å²) >= 11 is 0. The molecule has 0 aromatic heterocycles. The summed E-state index contributed by atoms with van der Waals surface area (Å²) in [5.41, 5.74) is 3.75. The molecule has 3 heteroatoms. The summed E-state index contributed by atoms with van der Waals surface area (Å²) in [6, 6.07) is 18.7. The highest BCUT2D eigenvalue weighted by molar-refractivity contribution is 5.91. The van der Waals surface area contributed by atoms with Gasteiger partial charge in [0.1, 0.15) is 0 Å². The molecule has 3 nitrogen and oxygen atoms in total. The quantitative estimate of drug-likeness (QED) is 0.783. The maximum Gasteiger partial charge on any atom is 0.246 e. The predicted octanol–water partition coefficient (Wildman–Crippen LogP) is 3.40. The number of aryl methyl sites for hydroxylation is 1. The van der Waals surface area contributed by atoms with E-state index in [1.165, 1.54) is 11.1 Å². The fraction of sp³-hybridized carbons (Fsp3) is 0.318. The second-order valence-corrected chi connectivity index (χ2v) is 6.65. The SMILES string of the molecule is Cc1ccc(CCN2CCN(C(=O)/C=C/c3ccccc3)CC2)cc1. The number of carbonyl (C=O) groups excluding carboxylic acids is 1. The largest absolute Gasteiger partial charge is 0.337 e. The van der Waals surface area contributed by atoms with Gasteiger partial charge in [0.15, 0.2) is 0 Å². The number of nitrogens with zero attached hydrogens (tertiary/aromatic N) is 2. The Balaban J connectivity index is 1.42. The molecule has 1 heterocycles. The Hall–Kier alpha value is -2.39. The molecule has 0 atom stereocenters. The zero-order valence-electron chi connectivity index (χ0n) is 14.9. The van der Waals surface area contributed by atoms with Crippen molar-refractivity contribution in [1.82, 2.24) is 9.80 Å². The molecular formula is C22H26N2O. The molecule has 3 rings (SSSR count). The topological polar surface area (TPSA) is 23.6 Å². The first kappa shape index (κ1) is 17.4. The Morgan fingerprint density at radius 3 is 2.32 bits per heavy atom. The van der Waals surface area contributed by atoms with E-state index in [2.05, 4.69) is 36.1 Å². The summed E-state index contributed by atoms with van der Waals surface area (Å²) in [4.78, 5) is 16.7. The molecule has 1 saturated heterocycles. The third-order valence-corrected chi connectivity index (χ3v) is 4.74. The first-order chi connectivity index (χ1) is 12.2. The van der Waals surface area contributed by atoms with E-state index in [4.69, 9.17) is 0 Å². The molecule has 130 valence electrons. The second kappa shape index (κ2) is 8.63. The number of piperazine rings is 1. The van der Waals surface area contributed by atoms with Gasteiger partial charge in [-0.3, -0.25) is 9.69 Å². The molecule has 2 aromatic rings. The van der Waals surface area contributed by atoms with E-state index in [-0.39, 0.29) is 5.91 Å². The molecule has 0 N–H and O–H groups in total. The molecule has 0 unspecified atom stereocenters. The van der Waals surface area contributed by atoms with E-state index >= 15 is 0 Å². The van der Waals surface area contributed by atoms with Crippen LogP contribution in [0.15, 0.2) is 60.7 Å². The van der Waals surface area contributed by atoms with Crippen LogP contribution in [0.4, 0.5) is 0 Å². The van der Waals surface area contributed by atoms with Gasteiger partial charge in [-0.1, -0.05) is 60.2 Å². The molecule has 0 aliphatic carbocycles. The minimum atomic E-state index is 0.113. The van der Waals surface area contributed by atoms with Crippen molar-refractivity contribution in [3.8, 4) is 0 Å². The van der Waals surface area contributed by atoms with Crippen LogP contribution < -0.4 is 0 Å². The van der Waals surface area contributed by atoms with Crippen molar-refractivity contribution >= 4 is 12.0 Å². The van der Waals surface area contributed by atoms with Crippen LogP contribution in [0.2, 0.25) is 0 Å². The molecule has 25 heavy (non-hydrogen) atoms. The summed E-state index contributed by atoms with van der Waals surface area (Å²) < 4.78 is 0. The van der Waals surface area contributed by atoms with Gasteiger partial charge in [-0.15, -0.1) is 0 Å². The van der Waals surface area contributed by atoms with Crippen molar-refractivity contribution in [3.05, 3.63) is 77.4 Å². The number of amides is 1. The lowest BCUT2D eigenvalue weighted by Crippen LogP contribution is -2.48. The van der Waals surface area contributed by atoms with Gasteiger partial charge in [0.2, 0.25) is 5.91 Å². The number of carbonyl (C=O) groups is 1. The molecule has 0 bridgehead atoms. The maximum absolute atomic E-state index is 12.3. The van der Waals surface area contributed by atoms with E-state index in [0.717, 1.165) is 44.7 Å². The highest BCUT2D eigenvalue weighted by Crippen LogP contribution is 2.08. The first-order valence-corrected chi connectivity index (χ1v) is 9.01. The van der Waals surface area contributed by atoms with Crippen LogP contribution in [0.5, 0.6) is 0 Å². The summed E-state index contributed by atoms with van der Waals surface area (Å²) in [6.45, 7) is 6.71. The molecule has 0 spiro atoms. The fourth-order valence-electron chi connectivity index (χ4n) is 3.07. The minimum Gasteiger partial charge on any atom is -0.337 e. The van der Waals surface area contributed by atoms with E-state index in [1.54, 1.807) is 6.08 Å². The summed E-state index contributed by atoms with van der Waals surface area (Å²) in [5.74, 6) is 0.113. The van der Waals surface area contributed by atoms with Crippen LogP contribution in [0.25, 0.3) is 6.08 Å². The van der Waals surface area contributed by atoms with Crippen molar-refractivity contribution < 1.29 is 4.79 Å². The van der Waals surface area contributed by atoms with Crippen molar-refractivity contribution in [3.63, 3.8) is 0 Å². The number of hydrogen-bond acceptors (Lipinski definition) is 2. The molecule has 2 aromatic carbocycles. The summed E-state index contributed by atoms with van der Waals surface area (Å²) in [6.07, 6.45) is 4.66. The van der Waals surface area contributed by atoms with E-state index in [1.807, 2.05) is 41.3 Å². The first-order valence-electron chi connectivity index (χ1n) is 9.01. The van der Waals surface area contributed by atoms with Crippen molar-refractivity contribution in [1.29, 1.82) is 0 Å². The van der Waals surface area contributed by atoms with E-state index in [9.17, 15) is 4.79 Å².